The molecule has 0 aliphatic heterocycles. The molecule has 1 aromatic carbocycles. The standard InChI is InChI=1S/C18H17ClN2O4S2/c1-23-12-6-10(7-13(24-2)16(12)25-3)8-20-17(22)11-9-26-18(21-11)14-4-5-15(19)27-14/h4-7,9H,8H2,1-3H3,(H,20,22). The molecular weight excluding hydrogens is 408 g/mol. The Morgan fingerprint density at radius 2 is 1.85 bits per heavy atom. The summed E-state index contributed by atoms with van der Waals surface area (Å²) in [5, 5.41) is 5.35. The van der Waals surface area contributed by atoms with Gasteiger partial charge in [-0.25, -0.2) is 4.98 Å². The Hall–Kier alpha value is -2.29. The van der Waals surface area contributed by atoms with Gasteiger partial charge in [-0.05, 0) is 29.8 Å². The first kappa shape index (κ1) is 19.5. The fraction of sp³-hybridized carbons (Fsp3) is 0.222. The first-order valence-electron chi connectivity index (χ1n) is 7.84. The zero-order chi connectivity index (χ0) is 19.4. The number of nitrogens with zero attached hydrogens (tertiary/aromatic N) is 1. The van der Waals surface area contributed by atoms with E-state index < -0.39 is 0 Å². The summed E-state index contributed by atoms with van der Waals surface area (Å²) < 4.78 is 16.6. The number of thiophene rings is 1. The van der Waals surface area contributed by atoms with Crippen LogP contribution in [0.15, 0.2) is 29.6 Å². The normalized spacial score (nSPS) is 10.5. The van der Waals surface area contributed by atoms with Gasteiger partial charge in [0.15, 0.2) is 11.5 Å². The Morgan fingerprint density at radius 3 is 2.41 bits per heavy atom. The minimum absolute atomic E-state index is 0.256. The summed E-state index contributed by atoms with van der Waals surface area (Å²) in [7, 11) is 4.64. The van der Waals surface area contributed by atoms with Gasteiger partial charge in [0.25, 0.3) is 5.91 Å². The molecule has 0 saturated carbocycles. The van der Waals surface area contributed by atoms with Crippen LogP contribution in [0.2, 0.25) is 4.34 Å². The number of hydrogen-bond donors (Lipinski definition) is 1. The molecule has 0 bridgehead atoms. The van der Waals surface area contributed by atoms with Crippen molar-refractivity contribution in [3.8, 4) is 27.1 Å². The quantitative estimate of drug-likeness (QED) is 0.605. The van der Waals surface area contributed by atoms with Gasteiger partial charge < -0.3 is 19.5 Å². The lowest BCUT2D eigenvalue weighted by molar-refractivity contribution is 0.0946. The molecule has 0 radical (unpaired) electrons. The van der Waals surface area contributed by atoms with Gasteiger partial charge in [0, 0.05) is 11.9 Å². The average Bonchev–Trinajstić information content (AvgIpc) is 3.34. The minimum atomic E-state index is -0.256. The van der Waals surface area contributed by atoms with Crippen molar-refractivity contribution in [1.29, 1.82) is 0 Å². The van der Waals surface area contributed by atoms with Crippen LogP contribution in [0.4, 0.5) is 0 Å². The zero-order valence-electron chi connectivity index (χ0n) is 14.9. The fourth-order valence-electron chi connectivity index (χ4n) is 2.43. The fourth-order valence-corrected chi connectivity index (χ4v) is 4.35. The van der Waals surface area contributed by atoms with Crippen molar-refractivity contribution in [2.24, 2.45) is 0 Å². The summed E-state index contributed by atoms with van der Waals surface area (Å²) >= 11 is 8.79. The second-order valence-corrected chi connectivity index (χ2v) is 7.93. The highest BCUT2D eigenvalue weighted by atomic mass is 35.5. The Kier molecular flexibility index (Phi) is 6.20. The SMILES string of the molecule is COc1cc(CNC(=O)c2csc(-c3ccc(Cl)s3)n2)cc(OC)c1OC. The Bertz CT molecular complexity index is 929. The maximum atomic E-state index is 12.4. The monoisotopic (exact) mass is 424 g/mol. The highest BCUT2D eigenvalue weighted by Gasteiger charge is 2.16. The van der Waals surface area contributed by atoms with Crippen molar-refractivity contribution in [2.75, 3.05) is 21.3 Å². The molecule has 1 N–H and O–H groups in total. The van der Waals surface area contributed by atoms with Crippen LogP contribution in [0.25, 0.3) is 9.88 Å². The maximum Gasteiger partial charge on any atom is 0.271 e. The second-order valence-electron chi connectivity index (χ2n) is 5.36. The summed E-state index contributed by atoms with van der Waals surface area (Å²) in [6.45, 7) is 0.299. The van der Waals surface area contributed by atoms with Crippen molar-refractivity contribution in [3.05, 3.63) is 45.2 Å². The van der Waals surface area contributed by atoms with Crippen molar-refractivity contribution in [1.82, 2.24) is 10.3 Å². The lowest BCUT2D eigenvalue weighted by Gasteiger charge is -2.14. The first-order valence-corrected chi connectivity index (χ1v) is 9.91. The third-order valence-electron chi connectivity index (χ3n) is 3.70. The summed E-state index contributed by atoms with van der Waals surface area (Å²) in [6, 6.07) is 7.29. The van der Waals surface area contributed by atoms with Gasteiger partial charge in [-0.1, -0.05) is 11.6 Å². The van der Waals surface area contributed by atoms with E-state index in [1.165, 1.54) is 22.7 Å². The van der Waals surface area contributed by atoms with Crippen molar-refractivity contribution in [2.45, 2.75) is 6.54 Å². The third-order valence-corrected chi connectivity index (χ3v) is 5.94. The van der Waals surface area contributed by atoms with E-state index in [2.05, 4.69) is 10.3 Å². The Balaban J connectivity index is 1.71. The molecule has 0 aliphatic rings. The van der Waals surface area contributed by atoms with E-state index in [4.69, 9.17) is 25.8 Å². The van der Waals surface area contributed by atoms with Gasteiger partial charge in [0.1, 0.15) is 10.7 Å². The van der Waals surface area contributed by atoms with Gasteiger partial charge in [0.2, 0.25) is 5.75 Å². The number of methoxy groups -OCH3 is 3. The first-order chi connectivity index (χ1) is 13.0. The maximum absolute atomic E-state index is 12.4. The third kappa shape index (κ3) is 4.35. The van der Waals surface area contributed by atoms with E-state index >= 15 is 0 Å². The largest absolute Gasteiger partial charge is 0.493 e. The van der Waals surface area contributed by atoms with Gasteiger partial charge in [-0.15, -0.1) is 22.7 Å². The predicted octanol–water partition coefficient (Wildman–Crippen LogP) is 4.48. The molecule has 0 aliphatic carbocycles. The number of benzene rings is 1. The topological polar surface area (TPSA) is 69.7 Å². The van der Waals surface area contributed by atoms with Crippen LogP contribution in [-0.4, -0.2) is 32.2 Å². The predicted molar refractivity (Wildman–Crippen MR) is 108 cm³/mol. The van der Waals surface area contributed by atoms with Crippen LogP contribution < -0.4 is 19.5 Å². The van der Waals surface area contributed by atoms with Crippen molar-refractivity contribution >= 4 is 40.2 Å². The zero-order valence-corrected chi connectivity index (χ0v) is 17.3. The highest BCUT2D eigenvalue weighted by Crippen LogP contribution is 2.38. The van der Waals surface area contributed by atoms with Crippen LogP contribution in [0.1, 0.15) is 16.1 Å². The number of nitrogens with one attached hydrogen (secondary N) is 1. The van der Waals surface area contributed by atoms with Gasteiger partial charge >= 0.3 is 0 Å². The molecule has 0 atom stereocenters. The molecule has 0 saturated heterocycles. The van der Waals surface area contributed by atoms with Crippen LogP contribution in [-0.2, 0) is 6.54 Å². The molecule has 1 amide bonds. The number of aromatic nitrogens is 1. The molecule has 142 valence electrons. The summed E-state index contributed by atoms with van der Waals surface area (Å²) in [6.07, 6.45) is 0. The summed E-state index contributed by atoms with van der Waals surface area (Å²) in [4.78, 5) is 17.8. The van der Waals surface area contributed by atoms with E-state index in [0.29, 0.717) is 33.8 Å². The van der Waals surface area contributed by atoms with Crippen LogP contribution in [0.5, 0.6) is 17.2 Å². The smallest absolute Gasteiger partial charge is 0.271 e. The van der Waals surface area contributed by atoms with Crippen molar-refractivity contribution in [3.63, 3.8) is 0 Å². The van der Waals surface area contributed by atoms with E-state index in [9.17, 15) is 4.79 Å². The molecule has 3 aromatic rings. The Labute approximate surface area is 169 Å². The van der Waals surface area contributed by atoms with Gasteiger partial charge in [0.05, 0.1) is 30.5 Å². The summed E-state index contributed by atoms with van der Waals surface area (Å²) in [5.41, 5.74) is 1.19. The average molecular weight is 425 g/mol. The van der Waals surface area contributed by atoms with Crippen LogP contribution >= 0.6 is 34.3 Å². The number of thiazole rings is 1. The number of carbonyl (C=O) groups excluding carboxylic acids is 1. The van der Waals surface area contributed by atoms with Gasteiger partial charge in [-0.3, -0.25) is 4.79 Å². The molecule has 0 spiro atoms. The molecule has 27 heavy (non-hydrogen) atoms. The molecule has 3 rings (SSSR count). The molecule has 2 aromatic heterocycles. The highest BCUT2D eigenvalue weighted by molar-refractivity contribution is 7.23. The van der Waals surface area contributed by atoms with Crippen LogP contribution in [0, 0.1) is 0 Å². The number of ether oxygens (including phenoxy) is 3. The lowest BCUT2D eigenvalue weighted by atomic mass is 10.1. The van der Waals surface area contributed by atoms with E-state index in [0.717, 1.165) is 15.4 Å². The van der Waals surface area contributed by atoms with Crippen molar-refractivity contribution < 1.29 is 19.0 Å². The number of halogens is 1. The second kappa shape index (κ2) is 8.60. The van der Waals surface area contributed by atoms with E-state index in [1.54, 1.807) is 38.8 Å². The summed E-state index contributed by atoms with van der Waals surface area (Å²) in [5.74, 6) is 1.32. The lowest BCUT2D eigenvalue weighted by Crippen LogP contribution is -2.23. The number of carbonyl (C=O) groups is 1. The minimum Gasteiger partial charge on any atom is -0.493 e. The molecule has 2 heterocycles. The number of amides is 1. The molecule has 0 fully saturated rings. The molecule has 9 heteroatoms. The van der Waals surface area contributed by atoms with Gasteiger partial charge in [-0.2, -0.15) is 0 Å². The van der Waals surface area contributed by atoms with E-state index in [-0.39, 0.29) is 5.91 Å². The number of hydrogen-bond acceptors (Lipinski definition) is 7. The van der Waals surface area contributed by atoms with E-state index in [1.807, 2.05) is 12.1 Å². The number of rotatable bonds is 7. The Morgan fingerprint density at radius 1 is 1.15 bits per heavy atom. The molecular formula is C18H17ClN2O4S2. The molecule has 6 nitrogen and oxygen atoms in total. The van der Waals surface area contributed by atoms with Crippen LogP contribution in [0.3, 0.4) is 0 Å². The molecule has 0 unspecified atom stereocenters.